The van der Waals surface area contributed by atoms with Crippen LogP contribution in [0.1, 0.15) is 35.0 Å². The molecule has 0 aliphatic carbocycles. The van der Waals surface area contributed by atoms with Gasteiger partial charge in [0.2, 0.25) is 0 Å². The maximum Gasteiger partial charge on any atom is 0.281 e. The van der Waals surface area contributed by atoms with Gasteiger partial charge in [0.05, 0.1) is 17.7 Å². The quantitative estimate of drug-likeness (QED) is 0.376. The summed E-state index contributed by atoms with van der Waals surface area (Å²) in [6.45, 7) is 2.80. The Labute approximate surface area is 151 Å². The van der Waals surface area contributed by atoms with Crippen molar-refractivity contribution in [1.29, 1.82) is 0 Å². The minimum atomic E-state index is -0.208. The zero-order valence-electron chi connectivity index (χ0n) is 14.1. The lowest BCUT2D eigenvalue weighted by Crippen LogP contribution is -2.16. The van der Waals surface area contributed by atoms with E-state index < -0.39 is 0 Å². The van der Waals surface area contributed by atoms with Gasteiger partial charge in [-0.2, -0.15) is 5.10 Å². The third-order valence-corrected chi connectivity index (χ3v) is 4.66. The minimum Gasteiger partial charge on any atom is -0.493 e. The zero-order valence-corrected chi connectivity index (χ0v) is 14.9. The molecule has 3 rings (SSSR count). The maximum atomic E-state index is 12.0. The minimum absolute atomic E-state index is 0.208. The Morgan fingerprint density at radius 3 is 2.88 bits per heavy atom. The van der Waals surface area contributed by atoms with Crippen LogP contribution in [0.15, 0.2) is 59.0 Å². The highest BCUT2D eigenvalue weighted by atomic mass is 32.1. The fourth-order valence-corrected chi connectivity index (χ4v) is 3.09. The molecule has 1 aromatic heterocycles. The molecule has 0 atom stereocenters. The van der Waals surface area contributed by atoms with E-state index in [4.69, 9.17) is 4.74 Å². The van der Waals surface area contributed by atoms with Gasteiger partial charge in [-0.3, -0.25) is 4.79 Å². The van der Waals surface area contributed by atoms with Gasteiger partial charge in [-0.15, -0.1) is 11.3 Å². The molecule has 1 N–H and O–H groups in total. The number of carbonyl (C=O) groups excluding carboxylic acids is 1. The van der Waals surface area contributed by atoms with Crippen LogP contribution >= 0.6 is 11.3 Å². The number of nitrogens with zero attached hydrogens (tertiary/aromatic N) is 1. The highest BCUT2D eigenvalue weighted by Gasteiger charge is 2.08. The van der Waals surface area contributed by atoms with Gasteiger partial charge in [-0.1, -0.05) is 49.7 Å². The Kier molecular flexibility index (Phi) is 5.80. The molecule has 4 nitrogen and oxygen atoms in total. The molecule has 0 unspecified atom stereocenters. The maximum absolute atomic E-state index is 12.0. The molecule has 1 heterocycles. The third-order valence-electron chi connectivity index (χ3n) is 3.79. The fourth-order valence-electron chi connectivity index (χ4n) is 2.48. The Balaban J connectivity index is 1.85. The first-order valence-electron chi connectivity index (χ1n) is 8.31. The van der Waals surface area contributed by atoms with Crippen molar-refractivity contribution in [2.45, 2.75) is 19.8 Å². The second-order valence-corrected chi connectivity index (χ2v) is 6.52. The van der Waals surface area contributed by atoms with E-state index in [-0.39, 0.29) is 5.91 Å². The smallest absolute Gasteiger partial charge is 0.281 e. The molecule has 1 amide bonds. The number of hydrogen-bond donors (Lipinski definition) is 1. The summed E-state index contributed by atoms with van der Waals surface area (Å²) < 4.78 is 5.91. The number of amides is 1. The van der Waals surface area contributed by atoms with Crippen molar-refractivity contribution in [3.05, 3.63) is 64.4 Å². The molecule has 3 aromatic rings. The summed E-state index contributed by atoms with van der Waals surface area (Å²) in [6, 6.07) is 15.7. The summed E-state index contributed by atoms with van der Waals surface area (Å²) in [4.78, 5) is 12.6. The largest absolute Gasteiger partial charge is 0.493 e. The van der Waals surface area contributed by atoms with Crippen molar-refractivity contribution in [2.75, 3.05) is 6.61 Å². The van der Waals surface area contributed by atoms with Gasteiger partial charge in [0.1, 0.15) is 5.75 Å². The first-order chi connectivity index (χ1) is 12.3. The van der Waals surface area contributed by atoms with Gasteiger partial charge in [0.15, 0.2) is 0 Å². The number of benzene rings is 2. The number of thiophene rings is 1. The molecule has 0 radical (unpaired) electrons. The van der Waals surface area contributed by atoms with Crippen LogP contribution in [0.5, 0.6) is 5.75 Å². The van der Waals surface area contributed by atoms with Crippen molar-refractivity contribution in [1.82, 2.24) is 5.43 Å². The lowest BCUT2D eigenvalue weighted by molar-refractivity contribution is 0.0959. The van der Waals surface area contributed by atoms with Crippen molar-refractivity contribution >= 4 is 34.2 Å². The molecular weight excluding hydrogens is 332 g/mol. The van der Waals surface area contributed by atoms with Gasteiger partial charge in [0, 0.05) is 5.56 Å². The second-order valence-electron chi connectivity index (χ2n) is 5.58. The SMILES string of the molecule is CCCCOc1ccc2ccccc2c1/C=N/NC(=O)c1cccs1. The Hall–Kier alpha value is -2.66. The summed E-state index contributed by atoms with van der Waals surface area (Å²) in [5.74, 6) is 0.571. The van der Waals surface area contributed by atoms with Gasteiger partial charge in [0.25, 0.3) is 5.91 Å². The predicted octanol–water partition coefficient (Wildman–Crippen LogP) is 4.84. The van der Waals surface area contributed by atoms with E-state index in [1.54, 1.807) is 12.3 Å². The van der Waals surface area contributed by atoms with Crippen LogP contribution in [0.4, 0.5) is 0 Å². The molecule has 0 aliphatic rings. The fraction of sp³-hybridized carbons (Fsp3) is 0.200. The first kappa shape index (κ1) is 17.2. The molecule has 0 saturated carbocycles. The molecule has 0 bridgehead atoms. The van der Waals surface area contributed by atoms with Crippen molar-refractivity contribution < 1.29 is 9.53 Å². The van der Waals surface area contributed by atoms with Gasteiger partial charge in [-0.05, 0) is 34.7 Å². The van der Waals surface area contributed by atoms with E-state index in [1.165, 1.54) is 11.3 Å². The number of carbonyl (C=O) groups is 1. The molecule has 0 spiro atoms. The van der Waals surface area contributed by atoms with E-state index >= 15 is 0 Å². The monoisotopic (exact) mass is 352 g/mol. The lowest BCUT2D eigenvalue weighted by Gasteiger charge is -2.11. The topological polar surface area (TPSA) is 50.7 Å². The summed E-state index contributed by atoms with van der Waals surface area (Å²) in [5.41, 5.74) is 3.45. The van der Waals surface area contributed by atoms with Gasteiger partial charge < -0.3 is 4.74 Å². The van der Waals surface area contributed by atoms with E-state index in [0.717, 1.165) is 34.9 Å². The third kappa shape index (κ3) is 4.25. The molecule has 0 aliphatic heterocycles. The molecule has 5 heteroatoms. The van der Waals surface area contributed by atoms with Crippen LogP contribution in [0.2, 0.25) is 0 Å². The normalized spacial score (nSPS) is 11.1. The number of fused-ring (bicyclic) bond motifs is 1. The van der Waals surface area contributed by atoms with E-state index in [1.807, 2.05) is 47.8 Å². The number of hydrazone groups is 1. The van der Waals surface area contributed by atoms with Crippen LogP contribution in [-0.2, 0) is 0 Å². The van der Waals surface area contributed by atoms with Crippen LogP contribution in [0, 0.1) is 0 Å². The van der Waals surface area contributed by atoms with Crippen LogP contribution < -0.4 is 10.2 Å². The summed E-state index contributed by atoms with van der Waals surface area (Å²) >= 11 is 1.39. The molecular formula is C20H20N2O2S. The summed E-state index contributed by atoms with van der Waals surface area (Å²) in [5, 5.41) is 8.16. The van der Waals surface area contributed by atoms with Crippen molar-refractivity contribution in [3.8, 4) is 5.75 Å². The second kappa shape index (κ2) is 8.44. The lowest BCUT2D eigenvalue weighted by atomic mass is 10.0. The number of rotatable bonds is 7. The average Bonchev–Trinajstić information content (AvgIpc) is 3.18. The first-order valence-corrected chi connectivity index (χ1v) is 9.19. The van der Waals surface area contributed by atoms with Crippen LogP contribution in [0.3, 0.4) is 0 Å². The number of ether oxygens (including phenoxy) is 1. The highest BCUT2D eigenvalue weighted by Crippen LogP contribution is 2.27. The Bertz CT molecular complexity index is 873. The van der Waals surface area contributed by atoms with Crippen molar-refractivity contribution in [3.63, 3.8) is 0 Å². The number of nitrogens with one attached hydrogen (secondary N) is 1. The Morgan fingerprint density at radius 2 is 2.08 bits per heavy atom. The van der Waals surface area contributed by atoms with Crippen LogP contribution in [0.25, 0.3) is 10.8 Å². The average molecular weight is 352 g/mol. The van der Waals surface area contributed by atoms with Crippen LogP contribution in [-0.4, -0.2) is 18.7 Å². The molecule has 2 aromatic carbocycles. The van der Waals surface area contributed by atoms with E-state index in [9.17, 15) is 4.79 Å². The standard InChI is InChI=1S/C20H20N2O2S/c1-2-3-12-24-18-11-10-15-7-4-5-8-16(15)17(18)14-21-22-20(23)19-9-6-13-25-19/h4-11,13-14H,2-3,12H2,1H3,(H,22,23)/b21-14+. The van der Waals surface area contributed by atoms with Gasteiger partial charge >= 0.3 is 0 Å². The van der Waals surface area contributed by atoms with E-state index in [0.29, 0.717) is 11.5 Å². The molecule has 128 valence electrons. The number of hydrogen-bond acceptors (Lipinski definition) is 4. The molecule has 0 saturated heterocycles. The number of unbranched alkanes of at least 4 members (excludes halogenated alkanes) is 1. The van der Waals surface area contributed by atoms with Crippen molar-refractivity contribution in [2.24, 2.45) is 5.10 Å². The predicted molar refractivity (Wildman–Crippen MR) is 104 cm³/mol. The zero-order chi connectivity index (χ0) is 17.5. The summed E-state index contributed by atoms with van der Waals surface area (Å²) in [6.07, 6.45) is 3.74. The Morgan fingerprint density at radius 1 is 1.20 bits per heavy atom. The molecule has 25 heavy (non-hydrogen) atoms. The van der Waals surface area contributed by atoms with E-state index in [2.05, 4.69) is 17.5 Å². The molecule has 0 fully saturated rings. The summed E-state index contributed by atoms with van der Waals surface area (Å²) in [7, 11) is 0. The van der Waals surface area contributed by atoms with Gasteiger partial charge in [-0.25, -0.2) is 5.43 Å². The highest BCUT2D eigenvalue weighted by molar-refractivity contribution is 7.12.